The molecule has 158 valence electrons. The molecule has 1 amide bonds. The van der Waals surface area contributed by atoms with Crippen LogP contribution in [0.15, 0.2) is 41.3 Å². The van der Waals surface area contributed by atoms with Crippen LogP contribution in [0.1, 0.15) is 6.92 Å². The Morgan fingerprint density at radius 1 is 1.03 bits per heavy atom. The van der Waals surface area contributed by atoms with Crippen molar-refractivity contribution in [2.75, 3.05) is 39.7 Å². The Labute approximate surface area is 175 Å². The standard InChI is InChI=1S/C19H23ClN2O6S/c1-5-22(29(24,25)14-8-6-13(26-2)7-9-14)12-19(23)21-16-11-17(27-3)15(20)10-18(16)28-4/h6-11H,5,12H2,1-4H3,(H,21,23). The van der Waals surface area contributed by atoms with Crippen LogP contribution in [-0.4, -0.2) is 53.0 Å². The highest BCUT2D eigenvalue weighted by Gasteiger charge is 2.26. The summed E-state index contributed by atoms with van der Waals surface area (Å²) in [5.74, 6) is 0.673. The Morgan fingerprint density at radius 2 is 1.66 bits per heavy atom. The smallest absolute Gasteiger partial charge is 0.243 e. The molecule has 0 saturated carbocycles. The van der Waals surface area contributed by atoms with Crippen molar-refractivity contribution in [2.45, 2.75) is 11.8 Å². The predicted octanol–water partition coefficient (Wildman–Crippen LogP) is 3.02. The first-order valence-corrected chi connectivity index (χ1v) is 10.4. The van der Waals surface area contributed by atoms with Crippen molar-refractivity contribution in [2.24, 2.45) is 0 Å². The second-order valence-corrected chi connectivity index (χ2v) is 8.19. The van der Waals surface area contributed by atoms with Crippen molar-refractivity contribution in [1.82, 2.24) is 4.31 Å². The van der Waals surface area contributed by atoms with Crippen molar-refractivity contribution < 1.29 is 27.4 Å². The van der Waals surface area contributed by atoms with Gasteiger partial charge in [-0.15, -0.1) is 0 Å². The number of amides is 1. The maximum absolute atomic E-state index is 12.9. The number of rotatable bonds is 9. The molecule has 0 saturated heterocycles. The Hall–Kier alpha value is -2.49. The van der Waals surface area contributed by atoms with Gasteiger partial charge in [0.1, 0.15) is 17.2 Å². The molecule has 0 aliphatic rings. The first kappa shape index (κ1) is 22.8. The Morgan fingerprint density at radius 3 is 2.17 bits per heavy atom. The molecule has 0 aliphatic heterocycles. The normalized spacial score (nSPS) is 11.2. The summed E-state index contributed by atoms with van der Waals surface area (Å²) in [6.07, 6.45) is 0. The van der Waals surface area contributed by atoms with Gasteiger partial charge in [0.2, 0.25) is 15.9 Å². The van der Waals surface area contributed by atoms with Crippen LogP contribution in [0.3, 0.4) is 0 Å². The average molecular weight is 443 g/mol. The number of anilines is 1. The number of carbonyl (C=O) groups excluding carboxylic acids is 1. The predicted molar refractivity (Wildman–Crippen MR) is 111 cm³/mol. The lowest BCUT2D eigenvalue weighted by atomic mass is 10.2. The fraction of sp³-hybridized carbons (Fsp3) is 0.316. The molecular formula is C19H23ClN2O6S. The fourth-order valence-corrected chi connectivity index (χ4v) is 4.21. The molecule has 10 heteroatoms. The first-order chi connectivity index (χ1) is 13.8. The molecular weight excluding hydrogens is 420 g/mol. The third-order valence-electron chi connectivity index (χ3n) is 4.12. The van der Waals surface area contributed by atoms with E-state index in [4.69, 9.17) is 25.8 Å². The van der Waals surface area contributed by atoms with Gasteiger partial charge in [-0.2, -0.15) is 4.31 Å². The van der Waals surface area contributed by atoms with E-state index in [1.165, 1.54) is 45.6 Å². The molecule has 0 bridgehead atoms. The zero-order valence-electron chi connectivity index (χ0n) is 16.6. The van der Waals surface area contributed by atoms with Crippen LogP contribution in [0.2, 0.25) is 5.02 Å². The van der Waals surface area contributed by atoms with E-state index in [0.717, 1.165) is 4.31 Å². The summed E-state index contributed by atoms with van der Waals surface area (Å²) < 4.78 is 42.2. The van der Waals surface area contributed by atoms with E-state index < -0.39 is 15.9 Å². The number of nitrogens with zero attached hydrogens (tertiary/aromatic N) is 1. The second-order valence-electron chi connectivity index (χ2n) is 5.84. The number of halogens is 1. The van der Waals surface area contributed by atoms with E-state index in [2.05, 4.69) is 5.32 Å². The van der Waals surface area contributed by atoms with Crippen molar-refractivity contribution in [1.29, 1.82) is 0 Å². The lowest BCUT2D eigenvalue weighted by Crippen LogP contribution is -2.37. The summed E-state index contributed by atoms with van der Waals surface area (Å²) in [4.78, 5) is 12.6. The zero-order valence-corrected chi connectivity index (χ0v) is 18.1. The third kappa shape index (κ3) is 5.31. The highest BCUT2D eigenvalue weighted by molar-refractivity contribution is 7.89. The van der Waals surface area contributed by atoms with Crippen molar-refractivity contribution >= 4 is 33.2 Å². The van der Waals surface area contributed by atoms with Gasteiger partial charge in [0.25, 0.3) is 0 Å². The van der Waals surface area contributed by atoms with Gasteiger partial charge in [0.05, 0.1) is 43.5 Å². The minimum atomic E-state index is -3.86. The van der Waals surface area contributed by atoms with E-state index in [1.54, 1.807) is 19.1 Å². The van der Waals surface area contributed by atoms with Crippen LogP contribution >= 0.6 is 11.6 Å². The number of hydrogen-bond acceptors (Lipinski definition) is 6. The van der Waals surface area contributed by atoms with Crippen molar-refractivity contribution in [3.8, 4) is 17.2 Å². The minimum Gasteiger partial charge on any atom is -0.497 e. The maximum atomic E-state index is 12.9. The molecule has 2 aromatic carbocycles. The summed E-state index contributed by atoms with van der Waals surface area (Å²) in [6.45, 7) is 1.39. The Balaban J connectivity index is 2.21. The van der Waals surface area contributed by atoms with Crippen LogP contribution < -0.4 is 19.5 Å². The van der Waals surface area contributed by atoms with E-state index in [-0.39, 0.29) is 18.0 Å². The van der Waals surface area contributed by atoms with E-state index in [0.29, 0.717) is 28.0 Å². The van der Waals surface area contributed by atoms with Crippen molar-refractivity contribution in [3.63, 3.8) is 0 Å². The molecule has 29 heavy (non-hydrogen) atoms. The summed E-state index contributed by atoms with van der Waals surface area (Å²) in [5, 5.41) is 2.96. The van der Waals surface area contributed by atoms with Gasteiger partial charge < -0.3 is 19.5 Å². The fourth-order valence-electron chi connectivity index (χ4n) is 2.57. The molecule has 0 aliphatic carbocycles. The monoisotopic (exact) mass is 442 g/mol. The summed E-state index contributed by atoms with van der Waals surface area (Å²) in [5.41, 5.74) is 0.316. The molecule has 0 spiro atoms. The lowest BCUT2D eigenvalue weighted by molar-refractivity contribution is -0.116. The number of sulfonamides is 1. The first-order valence-electron chi connectivity index (χ1n) is 8.62. The number of ether oxygens (including phenoxy) is 3. The van der Waals surface area contributed by atoms with Gasteiger partial charge in [-0.1, -0.05) is 18.5 Å². The quantitative estimate of drug-likeness (QED) is 0.641. The highest BCUT2D eigenvalue weighted by Crippen LogP contribution is 2.35. The van der Waals surface area contributed by atoms with Crippen molar-refractivity contribution in [3.05, 3.63) is 41.4 Å². The topological polar surface area (TPSA) is 94.2 Å². The summed E-state index contributed by atoms with van der Waals surface area (Å²) in [6, 6.07) is 8.97. The molecule has 2 aromatic rings. The molecule has 0 radical (unpaired) electrons. The van der Waals surface area contributed by atoms with Crippen LogP contribution in [0.4, 0.5) is 5.69 Å². The van der Waals surface area contributed by atoms with E-state index in [1.807, 2.05) is 0 Å². The van der Waals surface area contributed by atoms with Gasteiger partial charge >= 0.3 is 0 Å². The SMILES string of the molecule is CCN(CC(=O)Nc1cc(OC)c(Cl)cc1OC)S(=O)(=O)c1ccc(OC)cc1. The molecule has 0 unspecified atom stereocenters. The Bertz CT molecular complexity index is 963. The average Bonchev–Trinajstić information content (AvgIpc) is 2.72. The largest absolute Gasteiger partial charge is 0.497 e. The molecule has 8 nitrogen and oxygen atoms in total. The molecule has 0 fully saturated rings. The number of nitrogens with one attached hydrogen (secondary N) is 1. The van der Waals surface area contributed by atoms with Crippen LogP contribution in [0, 0.1) is 0 Å². The summed E-state index contributed by atoms with van der Waals surface area (Å²) in [7, 11) is 0.508. The number of carbonyl (C=O) groups is 1. The highest BCUT2D eigenvalue weighted by atomic mass is 35.5. The molecule has 0 heterocycles. The van der Waals surface area contributed by atoms with Crippen LogP contribution in [0.5, 0.6) is 17.2 Å². The van der Waals surface area contributed by atoms with E-state index in [9.17, 15) is 13.2 Å². The molecule has 2 rings (SSSR count). The number of benzene rings is 2. The van der Waals surface area contributed by atoms with Crippen LogP contribution in [0.25, 0.3) is 0 Å². The lowest BCUT2D eigenvalue weighted by Gasteiger charge is -2.21. The van der Waals surface area contributed by atoms with Gasteiger partial charge in [-0.3, -0.25) is 4.79 Å². The molecule has 0 atom stereocenters. The number of hydrogen-bond donors (Lipinski definition) is 1. The molecule has 1 N–H and O–H groups in total. The molecule has 0 aromatic heterocycles. The Kier molecular flexibility index (Phi) is 7.72. The van der Waals surface area contributed by atoms with E-state index >= 15 is 0 Å². The third-order valence-corrected chi connectivity index (χ3v) is 6.35. The maximum Gasteiger partial charge on any atom is 0.243 e. The van der Waals surface area contributed by atoms with Gasteiger partial charge in [0.15, 0.2) is 0 Å². The minimum absolute atomic E-state index is 0.0682. The van der Waals surface area contributed by atoms with Crippen LogP contribution in [-0.2, 0) is 14.8 Å². The van der Waals surface area contributed by atoms with Gasteiger partial charge in [0, 0.05) is 18.7 Å². The zero-order chi connectivity index (χ0) is 21.6. The number of methoxy groups -OCH3 is 3. The second kappa shape index (κ2) is 9.82. The van der Waals surface area contributed by atoms with Gasteiger partial charge in [-0.25, -0.2) is 8.42 Å². The van der Waals surface area contributed by atoms with Gasteiger partial charge in [-0.05, 0) is 24.3 Å². The summed E-state index contributed by atoms with van der Waals surface area (Å²) >= 11 is 6.06. The number of likely N-dealkylation sites (N-methyl/N-ethyl adjacent to an activating group) is 1.